The van der Waals surface area contributed by atoms with Crippen molar-refractivity contribution in [3.63, 3.8) is 0 Å². The average molecular weight is 314 g/mol. The highest BCUT2D eigenvalue weighted by molar-refractivity contribution is 5.76. The van der Waals surface area contributed by atoms with Crippen molar-refractivity contribution in [3.05, 3.63) is 34.9 Å². The first-order chi connectivity index (χ1) is 11.1. The lowest BCUT2D eigenvalue weighted by molar-refractivity contribution is -0.132. The first-order valence-corrected chi connectivity index (χ1v) is 9.19. The molecule has 1 saturated carbocycles. The number of carbonyl (C=O) groups is 1. The number of rotatable bonds is 6. The van der Waals surface area contributed by atoms with E-state index in [0.29, 0.717) is 18.4 Å². The van der Waals surface area contributed by atoms with Crippen LogP contribution in [0.15, 0.2) is 18.2 Å². The highest BCUT2D eigenvalue weighted by Gasteiger charge is 2.25. The van der Waals surface area contributed by atoms with Gasteiger partial charge < -0.3 is 10.2 Å². The minimum atomic E-state index is 0.325. The molecule has 3 nitrogen and oxygen atoms in total. The Hall–Kier alpha value is -1.35. The predicted octanol–water partition coefficient (Wildman–Crippen LogP) is 3.23. The normalized spacial score (nSPS) is 19.1. The molecule has 2 aliphatic rings. The van der Waals surface area contributed by atoms with Crippen LogP contribution >= 0.6 is 0 Å². The van der Waals surface area contributed by atoms with Crippen LogP contribution in [0.3, 0.4) is 0 Å². The first kappa shape index (κ1) is 16.5. The maximum Gasteiger partial charge on any atom is 0.222 e. The van der Waals surface area contributed by atoms with Gasteiger partial charge in [-0.2, -0.15) is 0 Å². The molecule has 1 aliphatic heterocycles. The summed E-state index contributed by atoms with van der Waals surface area (Å²) in [5, 5.41) is 3.68. The fraction of sp³-hybridized carbons (Fsp3) is 0.650. The Morgan fingerprint density at radius 3 is 2.57 bits per heavy atom. The molecular formula is C20H30N2O. The number of aryl methyl sites for hydroxylation is 3. The minimum Gasteiger partial charge on any atom is -0.343 e. The van der Waals surface area contributed by atoms with Gasteiger partial charge in [-0.3, -0.25) is 4.79 Å². The Balaban J connectivity index is 1.40. The molecular weight excluding hydrogens is 284 g/mol. The topological polar surface area (TPSA) is 32.3 Å². The van der Waals surface area contributed by atoms with Gasteiger partial charge in [0.25, 0.3) is 0 Å². The van der Waals surface area contributed by atoms with Crippen molar-refractivity contribution in [2.45, 2.75) is 58.4 Å². The average Bonchev–Trinajstić information content (AvgIpc) is 3.37. The van der Waals surface area contributed by atoms with Crippen LogP contribution in [0.5, 0.6) is 0 Å². The van der Waals surface area contributed by atoms with E-state index in [-0.39, 0.29) is 0 Å². The number of hydrogen-bond acceptors (Lipinski definition) is 2. The summed E-state index contributed by atoms with van der Waals surface area (Å²) in [4.78, 5) is 14.5. The van der Waals surface area contributed by atoms with Gasteiger partial charge in [-0.15, -0.1) is 0 Å². The van der Waals surface area contributed by atoms with Crippen LogP contribution in [-0.4, -0.2) is 36.5 Å². The Bertz CT molecular complexity index is 543. The molecule has 1 N–H and O–H groups in total. The molecule has 0 bridgehead atoms. The van der Waals surface area contributed by atoms with Crippen molar-refractivity contribution in [2.24, 2.45) is 5.92 Å². The van der Waals surface area contributed by atoms with Crippen molar-refractivity contribution < 1.29 is 4.79 Å². The number of hydrogen-bond donors (Lipinski definition) is 1. The molecule has 1 amide bonds. The van der Waals surface area contributed by atoms with E-state index in [9.17, 15) is 4.79 Å². The van der Waals surface area contributed by atoms with Crippen LogP contribution in [0.25, 0.3) is 0 Å². The van der Waals surface area contributed by atoms with Crippen LogP contribution in [0, 0.1) is 19.8 Å². The standard InChI is InChI=1S/C20H30N2O/c1-15-3-6-18(16(2)13-15)7-8-20(23)22-11-9-19(10-12-22)21-14-17-4-5-17/h3,6,13,17,19,21H,4-5,7-12,14H2,1-2H3. The zero-order chi connectivity index (χ0) is 16.2. The largest absolute Gasteiger partial charge is 0.343 e. The molecule has 2 fully saturated rings. The molecule has 1 saturated heterocycles. The highest BCUT2D eigenvalue weighted by atomic mass is 16.2. The van der Waals surface area contributed by atoms with Crippen LogP contribution < -0.4 is 5.32 Å². The zero-order valence-electron chi connectivity index (χ0n) is 14.6. The Morgan fingerprint density at radius 2 is 1.91 bits per heavy atom. The van der Waals surface area contributed by atoms with Crippen molar-refractivity contribution >= 4 is 5.91 Å². The maximum atomic E-state index is 12.4. The van der Waals surface area contributed by atoms with Crippen molar-refractivity contribution in [3.8, 4) is 0 Å². The second kappa shape index (κ2) is 7.48. The highest BCUT2D eigenvalue weighted by Crippen LogP contribution is 2.28. The fourth-order valence-electron chi connectivity index (χ4n) is 3.51. The van der Waals surface area contributed by atoms with E-state index < -0.39 is 0 Å². The van der Waals surface area contributed by atoms with Gasteiger partial charge in [0, 0.05) is 25.6 Å². The van der Waals surface area contributed by atoms with Gasteiger partial charge in [0.2, 0.25) is 5.91 Å². The number of likely N-dealkylation sites (tertiary alicyclic amines) is 1. The quantitative estimate of drug-likeness (QED) is 0.874. The number of nitrogens with one attached hydrogen (secondary N) is 1. The third-order valence-corrected chi connectivity index (χ3v) is 5.35. The summed E-state index contributed by atoms with van der Waals surface area (Å²) in [6, 6.07) is 7.14. The van der Waals surface area contributed by atoms with Gasteiger partial charge in [-0.05, 0) is 69.5 Å². The molecule has 0 spiro atoms. The van der Waals surface area contributed by atoms with Crippen LogP contribution in [0.1, 0.15) is 48.8 Å². The lowest BCUT2D eigenvalue weighted by Gasteiger charge is -2.32. The van der Waals surface area contributed by atoms with E-state index in [4.69, 9.17) is 0 Å². The van der Waals surface area contributed by atoms with Gasteiger partial charge in [0.1, 0.15) is 0 Å². The van der Waals surface area contributed by atoms with E-state index in [1.54, 1.807) is 0 Å². The third-order valence-electron chi connectivity index (χ3n) is 5.35. The Kier molecular flexibility index (Phi) is 5.37. The van der Waals surface area contributed by atoms with Gasteiger partial charge in [-0.1, -0.05) is 23.8 Å². The van der Waals surface area contributed by atoms with Crippen LogP contribution in [0.2, 0.25) is 0 Å². The molecule has 1 aliphatic carbocycles. The molecule has 3 heteroatoms. The molecule has 0 radical (unpaired) electrons. The summed E-state index contributed by atoms with van der Waals surface area (Å²) < 4.78 is 0. The monoisotopic (exact) mass is 314 g/mol. The van der Waals surface area contributed by atoms with E-state index in [1.807, 2.05) is 0 Å². The SMILES string of the molecule is Cc1ccc(CCC(=O)N2CCC(NCC3CC3)CC2)c(C)c1. The van der Waals surface area contributed by atoms with Crippen molar-refractivity contribution in [1.82, 2.24) is 10.2 Å². The second-order valence-corrected chi connectivity index (χ2v) is 7.44. The molecule has 0 unspecified atom stereocenters. The molecule has 1 aromatic carbocycles. The van der Waals surface area contributed by atoms with Crippen molar-refractivity contribution in [2.75, 3.05) is 19.6 Å². The number of benzene rings is 1. The number of piperidine rings is 1. The van der Waals surface area contributed by atoms with Gasteiger partial charge in [0.15, 0.2) is 0 Å². The maximum absolute atomic E-state index is 12.4. The second-order valence-electron chi connectivity index (χ2n) is 7.44. The summed E-state index contributed by atoms with van der Waals surface area (Å²) in [6.45, 7) is 7.29. The first-order valence-electron chi connectivity index (χ1n) is 9.19. The summed E-state index contributed by atoms with van der Waals surface area (Å²) >= 11 is 0. The lowest BCUT2D eigenvalue weighted by atomic mass is 10.0. The number of amides is 1. The lowest BCUT2D eigenvalue weighted by Crippen LogP contribution is -2.45. The van der Waals surface area contributed by atoms with Crippen LogP contribution in [-0.2, 0) is 11.2 Å². The smallest absolute Gasteiger partial charge is 0.222 e. The minimum absolute atomic E-state index is 0.325. The van der Waals surface area contributed by atoms with E-state index in [2.05, 4.69) is 42.3 Å². The molecule has 1 aromatic rings. The van der Waals surface area contributed by atoms with Crippen LogP contribution in [0.4, 0.5) is 0 Å². The predicted molar refractivity (Wildman–Crippen MR) is 94.6 cm³/mol. The summed E-state index contributed by atoms with van der Waals surface area (Å²) in [6.07, 6.45) is 6.55. The summed E-state index contributed by atoms with van der Waals surface area (Å²) in [7, 11) is 0. The fourth-order valence-corrected chi connectivity index (χ4v) is 3.51. The van der Waals surface area contributed by atoms with Gasteiger partial charge in [-0.25, -0.2) is 0 Å². The van der Waals surface area contributed by atoms with E-state index in [0.717, 1.165) is 38.3 Å². The Morgan fingerprint density at radius 1 is 1.17 bits per heavy atom. The van der Waals surface area contributed by atoms with Gasteiger partial charge in [0.05, 0.1) is 0 Å². The Labute approximate surface area is 140 Å². The number of carbonyl (C=O) groups excluding carboxylic acids is 1. The molecule has 0 atom stereocenters. The molecule has 126 valence electrons. The molecule has 0 aromatic heterocycles. The van der Waals surface area contributed by atoms with E-state index in [1.165, 1.54) is 36.1 Å². The third kappa shape index (κ3) is 4.81. The van der Waals surface area contributed by atoms with E-state index >= 15 is 0 Å². The zero-order valence-corrected chi connectivity index (χ0v) is 14.6. The van der Waals surface area contributed by atoms with Crippen molar-refractivity contribution in [1.29, 1.82) is 0 Å². The number of nitrogens with zero attached hydrogens (tertiary/aromatic N) is 1. The summed E-state index contributed by atoms with van der Waals surface area (Å²) in [5.74, 6) is 1.26. The molecule has 1 heterocycles. The molecule has 3 rings (SSSR count). The van der Waals surface area contributed by atoms with Gasteiger partial charge >= 0.3 is 0 Å². The molecule has 23 heavy (non-hydrogen) atoms. The summed E-state index contributed by atoms with van der Waals surface area (Å²) in [5.41, 5.74) is 3.91.